The van der Waals surface area contributed by atoms with Gasteiger partial charge in [0.1, 0.15) is 12.2 Å². The summed E-state index contributed by atoms with van der Waals surface area (Å²) in [7, 11) is 1.19. The van der Waals surface area contributed by atoms with Gasteiger partial charge >= 0.3 is 6.09 Å². The zero-order chi connectivity index (χ0) is 14.8. The van der Waals surface area contributed by atoms with E-state index in [0.717, 1.165) is 5.56 Å². The van der Waals surface area contributed by atoms with E-state index in [1.807, 2.05) is 11.5 Å². The molecule has 1 aliphatic rings. The molecule has 1 aliphatic heterocycles. The number of nitrogens with one attached hydrogen (secondary N) is 1. The fourth-order valence-electron chi connectivity index (χ4n) is 1.66. The number of ether oxygens (including phenoxy) is 2. The topological polar surface area (TPSA) is 113 Å². The zero-order valence-corrected chi connectivity index (χ0v) is 11.2. The second kappa shape index (κ2) is 5.36. The molecule has 104 valence electrons. The number of hydrazone groups is 1. The van der Waals surface area contributed by atoms with Gasteiger partial charge in [0, 0.05) is 5.02 Å². The van der Waals surface area contributed by atoms with Crippen LogP contribution in [0.3, 0.4) is 0 Å². The highest BCUT2D eigenvalue weighted by molar-refractivity contribution is 6.30. The van der Waals surface area contributed by atoms with Gasteiger partial charge in [-0.05, 0) is 17.7 Å². The van der Waals surface area contributed by atoms with Gasteiger partial charge in [0.15, 0.2) is 5.84 Å². The van der Waals surface area contributed by atoms with Crippen LogP contribution in [0.1, 0.15) is 11.7 Å². The maximum Gasteiger partial charge on any atom is 0.427 e. The second-order valence-corrected chi connectivity index (χ2v) is 4.43. The summed E-state index contributed by atoms with van der Waals surface area (Å²) in [6.45, 7) is 0. The fourth-order valence-corrected chi connectivity index (χ4v) is 1.79. The SMILES string of the molecule is COC(=O)N/N=C(\N)[C@@]1(C#N)O[C@@H]1c1ccc(Cl)cc1. The van der Waals surface area contributed by atoms with Crippen LogP contribution in [0, 0.1) is 11.3 Å². The molecule has 7 nitrogen and oxygen atoms in total. The van der Waals surface area contributed by atoms with Crippen molar-refractivity contribution in [1.82, 2.24) is 5.43 Å². The van der Waals surface area contributed by atoms with E-state index in [1.165, 1.54) is 7.11 Å². The van der Waals surface area contributed by atoms with Gasteiger partial charge < -0.3 is 15.2 Å². The van der Waals surface area contributed by atoms with Crippen molar-refractivity contribution in [3.63, 3.8) is 0 Å². The first-order valence-corrected chi connectivity index (χ1v) is 5.93. The summed E-state index contributed by atoms with van der Waals surface area (Å²) >= 11 is 5.79. The molecule has 0 aliphatic carbocycles. The summed E-state index contributed by atoms with van der Waals surface area (Å²) < 4.78 is 9.70. The minimum atomic E-state index is -1.38. The lowest BCUT2D eigenvalue weighted by Crippen LogP contribution is -2.35. The molecule has 0 radical (unpaired) electrons. The standard InChI is InChI=1S/C12H11ClN4O3/c1-19-11(18)17-16-10(15)12(6-14)9(20-12)7-2-4-8(13)5-3-7/h2-5,9H,1H3,(H2,15,16)(H,17,18)/t9-,12+/m1/s1. The molecule has 0 bridgehead atoms. The van der Waals surface area contributed by atoms with E-state index in [1.54, 1.807) is 24.3 Å². The quantitative estimate of drug-likeness (QED) is 0.377. The van der Waals surface area contributed by atoms with Gasteiger partial charge in [-0.2, -0.15) is 10.4 Å². The predicted octanol–water partition coefficient (Wildman–Crippen LogP) is 1.30. The average Bonchev–Trinajstić information content (AvgIpc) is 3.21. The molecular formula is C12H11ClN4O3. The van der Waals surface area contributed by atoms with E-state index in [-0.39, 0.29) is 5.84 Å². The van der Waals surface area contributed by atoms with Gasteiger partial charge in [0.25, 0.3) is 0 Å². The molecule has 2 atom stereocenters. The highest BCUT2D eigenvalue weighted by Gasteiger charge is 2.62. The van der Waals surface area contributed by atoms with Crippen molar-refractivity contribution in [3.8, 4) is 6.07 Å². The minimum absolute atomic E-state index is 0.148. The number of amidine groups is 1. The summed E-state index contributed by atoms with van der Waals surface area (Å²) in [5.74, 6) is -0.148. The van der Waals surface area contributed by atoms with Crippen LogP contribution >= 0.6 is 11.6 Å². The van der Waals surface area contributed by atoms with Crippen LogP contribution in [0.5, 0.6) is 0 Å². The van der Waals surface area contributed by atoms with Crippen molar-refractivity contribution < 1.29 is 14.3 Å². The number of nitrogens with zero attached hydrogens (tertiary/aromatic N) is 2. The Kier molecular flexibility index (Phi) is 3.79. The van der Waals surface area contributed by atoms with Crippen LogP contribution in [0.15, 0.2) is 29.4 Å². The van der Waals surface area contributed by atoms with Gasteiger partial charge in [-0.3, -0.25) is 0 Å². The summed E-state index contributed by atoms with van der Waals surface area (Å²) in [6, 6.07) is 8.78. The lowest BCUT2D eigenvalue weighted by Gasteiger charge is -2.04. The third-order valence-electron chi connectivity index (χ3n) is 2.79. The van der Waals surface area contributed by atoms with Crippen LogP contribution < -0.4 is 11.2 Å². The van der Waals surface area contributed by atoms with Crippen molar-refractivity contribution in [3.05, 3.63) is 34.9 Å². The highest BCUT2D eigenvalue weighted by atomic mass is 35.5. The third kappa shape index (κ3) is 2.52. The second-order valence-electron chi connectivity index (χ2n) is 4.00. The number of nitrogens with two attached hydrogens (primary N) is 1. The van der Waals surface area contributed by atoms with Crippen molar-refractivity contribution in [2.24, 2.45) is 10.8 Å². The molecule has 8 heteroatoms. The third-order valence-corrected chi connectivity index (χ3v) is 3.04. The first-order chi connectivity index (χ1) is 9.53. The van der Waals surface area contributed by atoms with E-state index in [9.17, 15) is 10.1 Å². The molecule has 1 aromatic rings. The molecule has 1 amide bonds. The molecule has 3 N–H and O–H groups in total. The normalized spacial score (nSPS) is 24.6. The van der Waals surface area contributed by atoms with E-state index in [4.69, 9.17) is 22.1 Å². The summed E-state index contributed by atoms with van der Waals surface area (Å²) in [4.78, 5) is 10.9. The summed E-state index contributed by atoms with van der Waals surface area (Å²) in [6.07, 6.45) is -1.34. The maximum atomic E-state index is 10.9. The van der Waals surface area contributed by atoms with Gasteiger partial charge in [-0.15, -0.1) is 0 Å². The molecule has 1 heterocycles. The number of halogens is 1. The predicted molar refractivity (Wildman–Crippen MR) is 70.8 cm³/mol. The molecular weight excluding hydrogens is 284 g/mol. The van der Waals surface area contributed by atoms with Gasteiger partial charge in [-0.25, -0.2) is 10.2 Å². The largest absolute Gasteiger partial charge is 0.452 e. The number of epoxide rings is 1. The van der Waals surface area contributed by atoms with Gasteiger partial charge in [0.05, 0.1) is 7.11 Å². The number of hydrogen-bond acceptors (Lipinski definition) is 5. The van der Waals surface area contributed by atoms with E-state index >= 15 is 0 Å². The smallest absolute Gasteiger partial charge is 0.427 e. The Labute approximate surface area is 119 Å². The van der Waals surface area contributed by atoms with Crippen LogP contribution in [-0.2, 0) is 9.47 Å². The molecule has 1 saturated heterocycles. The Morgan fingerprint density at radius 3 is 2.80 bits per heavy atom. The van der Waals surface area contributed by atoms with Crippen molar-refractivity contribution in [1.29, 1.82) is 5.26 Å². The molecule has 1 fully saturated rings. The number of methoxy groups -OCH3 is 1. The number of rotatable bonds is 3. The van der Waals surface area contributed by atoms with E-state index in [0.29, 0.717) is 5.02 Å². The Hall–Kier alpha value is -2.30. The molecule has 1 aromatic carbocycles. The first-order valence-electron chi connectivity index (χ1n) is 5.55. The van der Waals surface area contributed by atoms with Crippen molar-refractivity contribution in [2.45, 2.75) is 11.7 Å². The molecule has 2 rings (SSSR count). The molecule has 20 heavy (non-hydrogen) atoms. The van der Waals surface area contributed by atoms with Crippen molar-refractivity contribution in [2.75, 3.05) is 7.11 Å². The number of benzene rings is 1. The maximum absolute atomic E-state index is 10.9. The van der Waals surface area contributed by atoms with Crippen LogP contribution in [0.25, 0.3) is 0 Å². The number of amides is 1. The van der Waals surface area contributed by atoms with E-state index in [2.05, 4.69) is 9.84 Å². The first kappa shape index (κ1) is 14.1. The van der Waals surface area contributed by atoms with Gasteiger partial charge in [-0.1, -0.05) is 23.7 Å². The number of carbonyl (C=O) groups is 1. The molecule has 0 saturated carbocycles. The minimum Gasteiger partial charge on any atom is -0.452 e. The number of hydrogen-bond donors (Lipinski definition) is 2. The summed E-state index contributed by atoms with van der Waals surface area (Å²) in [5.41, 5.74) is 7.10. The molecule has 0 unspecified atom stereocenters. The fraction of sp³-hybridized carbons (Fsp3) is 0.250. The van der Waals surface area contributed by atoms with Gasteiger partial charge in [0.2, 0.25) is 5.60 Å². The number of nitriles is 1. The number of carbonyl (C=O) groups excluding carboxylic acids is 1. The van der Waals surface area contributed by atoms with Crippen LogP contribution in [0.4, 0.5) is 4.79 Å². The average molecular weight is 295 g/mol. The van der Waals surface area contributed by atoms with Crippen LogP contribution in [-0.4, -0.2) is 24.6 Å². The molecule has 0 aromatic heterocycles. The highest BCUT2D eigenvalue weighted by Crippen LogP contribution is 2.49. The Morgan fingerprint density at radius 1 is 1.60 bits per heavy atom. The van der Waals surface area contributed by atoms with Crippen LogP contribution in [0.2, 0.25) is 5.02 Å². The lowest BCUT2D eigenvalue weighted by atomic mass is 10.00. The molecule has 0 spiro atoms. The Balaban J connectivity index is 2.16. The van der Waals surface area contributed by atoms with E-state index < -0.39 is 17.8 Å². The van der Waals surface area contributed by atoms with Crippen molar-refractivity contribution >= 4 is 23.5 Å². The summed E-state index contributed by atoms with van der Waals surface area (Å²) in [5, 5.41) is 13.4. The lowest BCUT2D eigenvalue weighted by molar-refractivity contribution is 0.171. The Morgan fingerprint density at radius 2 is 2.25 bits per heavy atom. The monoisotopic (exact) mass is 294 g/mol. The zero-order valence-electron chi connectivity index (χ0n) is 10.5. The Bertz CT molecular complexity index is 596.